The number of carbonyl (C=O) groups excluding carboxylic acids is 1. The molecule has 0 amide bonds. The van der Waals surface area contributed by atoms with E-state index in [9.17, 15) is 4.79 Å². The van der Waals surface area contributed by atoms with Crippen molar-refractivity contribution < 1.29 is 14.3 Å². The molecule has 1 spiro atoms. The molecule has 3 aromatic rings. The number of carbonyl (C=O) groups is 1. The molecule has 0 bridgehead atoms. The van der Waals surface area contributed by atoms with Gasteiger partial charge in [0.2, 0.25) is 0 Å². The van der Waals surface area contributed by atoms with Crippen LogP contribution >= 0.6 is 0 Å². The van der Waals surface area contributed by atoms with E-state index >= 15 is 0 Å². The van der Waals surface area contributed by atoms with Crippen LogP contribution in [0.1, 0.15) is 36.8 Å². The lowest BCUT2D eigenvalue weighted by atomic mass is 9.89. The molecular formula is C36H44N6O3. The molecule has 0 unspecified atom stereocenters. The summed E-state index contributed by atoms with van der Waals surface area (Å²) in [5.41, 5.74) is 11.2. The fourth-order valence-electron chi connectivity index (χ4n) is 6.66. The summed E-state index contributed by atoms with van der Waals surface area (Å²) in [6, 6.07) is 20.2. The second-order valence-corrected chi connectivity index (χ2v) is 12.5. The number of hydrogen-bond donors (Lipinski definition) is 1. The number of esters is 1. The Kier molecular flexibility index (Phi) is 9.94. The Morgan fingerprint density at radius 1 is 0.956 bits per heavy atom. The standard InChI is InChI=1S/C36H44N6O3/c1-28-9-5-6-12-31(28)32-25-33(34(37)39-38-32)42-21-15-36(16-22-42)27-41(23-24-45-36)18-8-7-17-40-19-13-30(14-20-40)35(43)44-26-29-10-3-2-4-11-29/h2-6,9-12,25,30H,13-24,26-27H2,1H3,(H2,37,39). The zero-order valence-electron chi connectivity index (χ0n) is 26.3. The Bertz CT molecular complexity index is 1500. The summed E-state index contributed by atoms with van der Waals surface area (Å²) in [5, 5.41) is 8.68. The van der Waals surface area contributed by atoms with Gasteiger partial charge in [0.25, 0.3) is 0 Å². The van der Waals surface area contributed by atoms with Gasteiger partial charge < -0.3 is 20.1 Å². The molecule has 0 saturated carbocycles. The summed E-state index contributed by atoms with van der Waals surface area (Å²) in [6.07, 6.45) is 3.52. The van der Waals surface area contributed by atoms with Crippen molar-refractivity contribution in [1.29, 1.82) is 0 Å². The van der Waals surface area contributed by atoms with E-state index in [2.05, 4.69) is 61.9 Å². The van der Waals surface area contributed by atoms with Gasteiger partial charge in [-0.05, 0) is 62.9 Å². The highest BCUT2D eigenvalue weighted by molar-refractivity contribution is 5.73. The Hall–Kier alpha value is -3.97. The van der Waals surface area contributed by atoms with Gasteiger partial charge in [0, 0.05) is 31.7 Å². The molecule has 0 aliphatic carbocycles. The minimum Gasteiger partial charge on any atom is -0.461 e. The van der Waals surface area contributed by atoms with Gasteiger partial charge in [-0.25, -0.2) is 0 Å². The van der Waals surface area contributed by atoms with Crippen LogP contribution < -0.4 is 10.6 Å². The highest BCUT2D eigenvalue weighted by Crippen LogP contribution is 2.35. The smallest absolute Gasteiger partial charge is 0.309 e. The van der Waals surface area contributed by atoms with Crippen molar-refractivity contribution >= 4 is 17.5 Å². The molecule has 45 heavy (non-hydrogen) atoms. The molecule has 0 atom stereocenters. The maximum Gasteiger partial charge on any atom is 0.309 e. The molecule has 3 aliphatic rings. The zero-order valence-corrected chi connectivity index (χ0v) is 26.3. The second kappa shape index (κ2) is 14.4. The monoisotopic (exact) mass is 608 g/mol. The molecule has 4 heterocycles. The molecule has 3 saturated heterocycles. The summed E-state index contributed by atoms with van der Waals surface area (Å²) >= 11 is 0. The summed E-state index contributed by atoms with van der Waals surface area (Å²) in [6.45, 7) is 9.91. The second-order valence-electron chi connectivity index (χ2n) is 12.5. The van der Waals surface area contributed by atoms with E-state index in [1.54, 1.807) is 0 Å². The number of piperidine rings is 2. The highest BCUT2D eigenvalue weighted by atomic mass is 16.5. The Balaban J connectivity index is 0.941. The topological polar surface area (TPSA) is 97.0 Å². The third-order valence-corrected chi connectivity index (χ3v) is 9.44. The lowest BCUT2D eigenvalue weighted by molar-refractivity contribution is -0.151. The van der Waals surface area contributed by atoms with E-state index in [0.717, 1.165) is 107 Å². The first-order valence-electron chi connectivity index (χ1n) is 16.2. The van der Waals surface area contributed by atoms with Crippen molar-refractivity contribution in [2.45, 2.75) is 44.8 Å². The maximum atomic E-state index is 12.5. The van der Waals surface area contributed by atoms with Gasteiger partial charge >= 0.3 is 5.97 Å². The molecule has 3 fully saturated rings. The quantitative estimate of drug-likeness (QED) is 0.313. The predicted octanol–water partition coefficient (Wildman–Crippen LogP) is 4.16. The number of rotatable bonds is 7. The van der Waals surface area contributed by atoms with E-state index in [0.29, 0.717) is 12.4 Å². The summed E-state index contributed by atoms with van der Waals surface area (Å²) < 4.78 is 12.0. The molecular weight excluding hydrogens is 564 g/mol. The third kappa shape index (κ3) is 7.82. The molecule has 0 radical (unpaired) electrons. The van der Waals surface area contributed by atoms with E-state index < -0.39 is 0 Å². The normalized spacial score (nSPS) is 19.2. The van der Waals surface area contributed by atoms with Gasteiger partial charge in [0.15, 0.2) is 5.82 Å². The van der Waals surface area contributed by atoms with Crippen LogP contribution in [0.4, 0.5) is 11.5 Å². The van der Waals surface area contributed by atoms with Gasteiger partial charge in [-0.1, -0.05) is 66.4 Å². The van der Waals surface area contributed by atoms with Gasteiger partial charge in [-0.2, -0.15) is 0 Å². The first kappa shape index (κ1) is 31.0. The van der Waals surface area contributed by atoms with Crippen LogP contribution in [0.2, 0.25) is 0 Å². The number of nitrogens with two attached hydrogens (primary N) is 1. The lowest BCUT2D eigenvalue weighted by Gasteiger charge is -2.47. The Morgan fingerprint density at radius 2 is 1.67 bits per heavy atom. The molecule has 2 aromatic carbocycles. The predicted molar refractivity (Wildman–Crippen MR) is 176 cm³/mol. The van der Waals surface area contributed by atoms with Crippen molar-refractivity contribution in [3.05, 3.63) is 71.8 Å². The Labute approximate surface area is 266 Å². The summed E-state index contributed by atoms with van der Waals surface area (Å²) in [7, 11) is 0. The van der Waals surface area contributed by atoms with Crippen molar-refractivity contribution in [1.82, 2.24) is 20.0 Å². The number of anilines is 2. The highest BCUT2D eigenvalue weighted by Gasteiger charge is 2.40. The number of aromatic nitrogens is 2. The number of nitrogens with zero attached hydrogens (tertiary/aromatic N) is 5. The van der Waals surface area contributed by atoms with Gasteiger partial charge in [0.05, 0.1) is 42.6 Å². The van der Waals surface area contributed by atoms with Crippen LogP contribution in [-0.2, 0) is 20.9 Å². The van der Waals surface area contributed by atoms with Crippen molar-refractivity contribution in [2.24, 2.45) is 5.92 Å². The number of ether oxygens (including phenoxy) is 2. The molecule has 1 aromatic heterocycles. The van der Waals surface area contributed by atoms with E-state index in [-0.39, 0.29) is 17.5 Å². The van der Waals surface area contributed by atoms with Gasteiger partial charge in [0.1, 0.15) is 6.61 Å². The minimum absolute atomic E-state index is 0.0183. The molecule has 6 rings (SSSR count). The summed E-state index contributed by atoms with van der Waals surface area (Å²) in [4.78, 5) is 19.6. The number of morpholine rings is 1. The van der Waals surface area contributed by atoms with Crippen molar-refractivity contribution in [3.8, 4) is 23.1 Å². The lowest BCUT2D eigenvalue weighted by Crippen LogP contribution is -2.57. The van der Waals surface area contributed by atoms with Crippen molar-refractivity contribution in [2.75, 3.05) is 69.6 Å². The van der Waals surface area contributed by atoms with Crippen molar-refractivity contribution in [3.63, 3.8) is 0 Å². The van der Waals surface area contributed by atoms with Crippen LogP contribution in [0.3, 0.4) is 0 Å². The third-order valence-electron chi connectivity index (χ3n) is 9.44. The number of likely N-dealkylation sites (tertiary alicyclic amines) is 1. The molecule has 3 aliphatic heterocycles. The number of nitrogen functional groups attached to an aromatic ring is 1. The Morgan fingerprint density at radius 3 is 2.42 bits per heavy atom. The molecule has 2 N–H and O–H groups in total. The van der Waals surface area contributed by atoms with Gasteiger partial charge in [-0.15, -0.1) is 10.2 Å². The van der Waals surface area contributed by atoms with E-state index in [4.69, 9.17) is 15.2 Å². The average molecular weight is 609 g/mol. The van der Waals surface area contributed by atoms with Crippen LogP contribution in [0.5, 0.6) is 0 Å². The number of aryl methyl sites for hydroxylation is 1. The summed E-state index contributed by atoms with van der Waals surface area (Å²) in [5.74, 6) is 7.17. The molecule has 236 valence electrons. The zero-order chi connectivity index (χ0) is 31.1. The van der Waals surface area contributed by atoms with Crippen LogP contribution in [0.25, 0.3) is 11.3 Å². The first-order chi connectivity index (χ1) is 22.0. The fraction of sp³-hybridized carbons (Fsp3) is 0.472. The minimum atomic E-state index is -0.151. The molecule has 9 heteroatoms. The average Bonchev–Trinajstić information content (AvgIpc) is 3.07. The molecule has 9 nitrogen and oxygen atoms in total. The number of benzene rings is 2. The first-order valence-corrected chi connectivity index (χ1v) is 16.2. The van der Waals surface area contributed by atoms with E-state index in [1.807, 2.05) is 42.5 Å². The largest absolute Gasteiger partial charge is 0.461 e. The van der Waals surface area contributed by atoms with Gasteiger partial charge in [-0.3, -0.25) is 14.6 Å². The fourth-order valence-corrected chi connectivity index (χ4v) is 6.66. The van der Waals surface area contributed by atoms with Crippen LogP contribution in [0, 0.1) is 24.7 Å². The van der Waals surface area contributed by atoms with E-state index in [1.165, 1.54) is 5.56 Å². The maximum absolute atomic E-state index is 12.5. The van der Waals surface area contributed by atoms with Crippen LogP contribution in [-0.4, -0.2) is 90.5 Å². The van der Waals surface area contributed by atoms with Crippen LogP contribution in [0.15, 0.2) is 60.7 Å². The SMILES string of the molecule is Cc1ccccc1-c1cc(N2CCC3(CC2)CN(CC#CCN2CCC(C(=O)OCc4ccccc4)CC2)CCO3)c(N)nn1. The number of hydrogen-bond acceptors (Lipinski definition) is 9.